The molecule has 1 aliphatic heterocycles. The summed E-state index contributed by atoms with van der Waals surface area (Å²) in [5.74, 6) is 0.823. The maximum Gasteiger partial charge on any atom is 0.243 e. The van der Waals surface area contributed by atoms with E-state index in [1.54, 1.807) is 22.8 Å². The van der Waals surface area contributed by atoms with E-state index in [1.807, 2.05) is 37.3 Å². The van der Waals surface area contributed by atoms with Crippen LogP contribution in [0.3, 0.4) is 0 Å². The molecule has 2 aromatic carbocycles. The minimum absolute atomic E-state index is 0.386. The van der Waals surface area contributed by atoms with Gasteiger partial charge in [-0.1, -0.05) is 48.0 Å². The number of nitrogens with zero attached hydrogens (tertiary/aromatic N) is 4. The van der Waals surface area contributed by atoms with E-state index in [9.17, 15) is 8.42 Å². The maximum atomic E-state index is 13.0. The molecule has 1 fully saturated rings. The standard InChI is InChI=1S/C22H24N4O2S/c1-17-7-9-19(10-8-17)20-15-22(24-16-23-20)25-11-13-26(14-12-25)29(27,28)21-6-4-3-5-18(21)2/h3-10,15-16H,11-14H2,1-2H3. The summed E-state index contributed by atoms with van der Waals surface area (Å²) in [6.45, 7) is 5.93. The molecule has 1 saturated heterocycles. The predicted molar refractivity (Wildman–Crippen MR) is 114 cm³/mol. The van der Waals surface area contributed by atoms with Crippen molar-refractivity contribution in [3.05, 3.63) is 72.1 Å². The normalized spacial score (nSPS) is 15.4. The number of benzene rings is 2. The van der Waals surface area contributed by atoms with Crippen LogP contribution in [0.5, 0.6) is 0 Å². The lowest BCUT2D eigenvalue weighted by molar-refractivity contribution is 0.383. The highest BCUT2D eigenvalue weighted by Crippen LogP contribution is 2.24. The minimum Gasteiger partial charge on any atom is -0.354 e. The Morgan fingerprint density at radius 1 is 0.862 bits per heavy atom. The van der Waals surface area contributed by atoms with Crippen LogP contribution in [0, 0.1) is 13.8 Å². The Balaban J connectivity index is 1.50. The third kappa shape index (κ3) is 4.02. The molecule has 2 heterocycles. The molecule has 1 aromatic heterocycles. The molecule has 7 heteroatoms. The summed E-state index contributed by atoms with van der Waals surface area (Å²) < 4.78 is 27.6. The van der Waals surface area contributed by atoms with E-state index < -0.39 is 10.0 Å². The Bertz CT molecular complexity index is 1110. The number of hydrogen-bond donors (Lipinski definition) is 0. The Hall–Kier alpha value is -2.77. The summed E-state index contributed by atoms with van der Waals surface area (Å²) >= 11 is 0. The lowest BCUT2D eigenvalue weighted by Gasteiger charge is -2.34. The van der Waals surface area contributed by atoms with Crippen LogP contribution in [0.2, 0.25) is 0 Å². The first-order valence-corrected chi connectivity index (χ1v) is 11.1. The van der Waals surface area contributed by atoms with Gasteiger partial charge in [0.15, 0.2) is 0 Å². The molecule has 29 heavy (non-hydrogen) atoms. The van der Waals surface area contributed by atoms with Gasteiger partial charge in [-0.25, -0.2) is 18.4 Å². The highest BCUT2D eigenvalue weighted by atomic mass is 32.2. The number of aryl methyl sites for hydroxylation is 2. The summed E-state index contributed by atoms with van der Waals surface area (Å²) in [5, 5.41) is 0. The van der Waals surface area contributed by atoms with Crippen molar-refractivity contribution in [2.75, 3.05) is 31.1 Å². The van der Waals surface area contributed by atoms with Gasteiger partial charge in [0.1, 0.15) is 12.1 Å². The summed E-state index contributed by atoms with van der Waals surface area (Å²) in [6, 6.07) is 17.3. The van der Waals surface area contributed by atoms with Crippen LogP contribution in [-0.2, 0) is 10.0 Å². The van der Waals surface area contributed by atoms with E-state index in [1.165, 1.54) is 5.56 Å². The summed E-state index contributed by atoms with van der Waals surface area (Å²) in [7, 11) is -3.48. The molecular formula is C22H24N4O2S. The van der Waals surface area contributed by atoms with Crippen molar-refractivity contribution in [3.63, 3.8) is 0 Å². The third-order valence-corrected chi connectivity index (χ3v) is 7.33. The van der Waals surface area contributed by atoms with Crippen molar-refractivity contribution in [3.8, 4) is 11.3 Å². The zero-order chi connectivity index (χ0) is 20.4. The van der Waals surface area contributed by atoms with Gasteiger partial charge >= 0.3 is 0 Å². The number of sulfonamides is 1. The fourth-order valence-electron chi connectivity index (χ4n) is 3.54. The number of anilines is 1. The van der Waals surface area contributed by atoms with E-state index in [0.29, 0.717) is 31.1 Å². The molecule has 0 unspecified atom stereocenters. The lowest BCUT2D eigenvalue weighted by Crippen LogP contribution is -2.49. The SMILES string of the molecule is Cc1ccc(-c2cc(N3CCN(S(=O)(=O)c4ccccc4C)CC3)ncn2)cc1. The molecule has 0 bridgehead atoms. The molecule has 0 amide bonds. The first kappa shape index (κ1) is 19.5. The average molecular weight is 409 g/mol. The van der Waals surface area contributed by atoms with Gasteiger partial charge in [0, 0.05) is 37.8 Å². The second-order valence-corrected chi connectivity index (χ2v) is 9.19. The Kier molecular flexibility index (Phi) is 5.34. The second kappa shape index (κ2) is 7.93. The molecule has 150 valence electrons. The molecule has 4 rings (SSSR count). The third-order valence-electron chi connectivity index (χ3n) is 5.27. The lowest BCUT2D eigenvalue weighted by atomic mass is 10.1. The summed E-state index contributed by atoms with van der Waals surface area (Å²) in [6.07, 6.45) is 1.57. The number of piperazine rings is 1. The summed E-state index contributed by atoms with van der Waals surface area (Å²) in [4.78, 5) is 11.3. The van der Waals surface area contributed by atoms with Crippen LogP contribution in [0.1, 0.15) is 11.1 Å². The van der Waals surface area contributed by atoms with Crippen LogP contribution < -0.4 is 4.90 Å². The maximum absolute atomic E-state index is 13.0. The monoisotopic (exact) mass is 408 g/mol. The predicted octanol–water partition coefficient (Wildman–Crippen LogP) is 3.27. The Morgan fingerprint density at radius 3 is 2.24 bits per heavy atom. The minimum atomic E-state index is -3.48. The van der Waals surface area contributed by atoms with Crippen molar-refractivity contribution >= 4 is 15.8 Å². The van der Waals surface area contributed by atoms with Crippen LogP contribution in [-0.4, -0.2) is 48.9 Å². The van der Waals surface area contributed by atoms with Crippen molar-refractivity contribution in [2.45, 2.75) is 18.7 Å². The smallest absolute Gasteiger partial charge is 0.243 e. The van der Waals surface area contributed by atoms with Gasteiger partial charge in [-0.05, 0) is 25.5 Å². The molecule has 0 radical (unpaired) electrons. The van der Waals surface area contributed by atoms with Gasteiger partial charge in [-0.15, -0.1) is 0 Å². The quantitative estimate of drug-likeness (QED) is 0.663. The van der Waals surface area contributed by atoms with Crippen molar-refractivity contribution in [2.24, 2.45) is 0 Å². The molecule has 0 spiro atoms. The van der Waals surface area contributed by atoms with Gasteiger partial charge in [0.05, 0.1) is 10.6 Å². The molecule has 6 nitrogen and oxygen atoms in total. The van der Waals surface area contributed by atoms with Crippen molar-refractivity contribution in [1.29, 1.82) is 0 Å². The molecular weight excluding hydrogens is 384 g/mol. The number of rotatable bonds is 4. The molecule has 0 aliphatic carbocycles. The Morgan fingerprint density at radius 2 is 1.55 bits per heavy atom. The van der Waals surface area contributed by atoms with Gasteiger partial charge in [-0.3, -0.25) is 0 Å². The number of hydrogen-bond acceptors (Lipinski definition) is 5. The first-order valence-electron chi connectivity index (χ1n) is 9.65. The molecule has 0 atom stereocenters. The molecule has 0 saturated carbocycles. The highest BCUT2D eigenvalue weighted by Gasteiger charge is 2.29. The van der Waals surface area contributed by atoms with E-state index in [2.05, 4.69) is 33.9 Å². The van der Waals surface area contributed by atoms with Gasteiger partial charge in [0.2, 0.25) is 10.0 Å². The van der Waals surface area contributed by atoms with Crippen LogP contribution in [0.15, 0.2) is 65.8 Å². The van der Waals surface area contributed by atoms with Crippen molar-refractivity contribution < 1.29 is 8.42 Å². The summed E-state index contributed by atoms with van der Waals surface area (Å²) in [5.41, 5.74) is 3.88. The number of aromatic nitrogens is 2. The van der Waals surface area contributed by atoms with Crippen molar-refractivity contribution in [1.82, 2.24) is 14.3 Å². The fourth-order valence-corrected chi connectivity index (χ4v) is 5.19. The van der Waals surface area contributed by atoms with E-state index in [4.69, 9.17) is 0 Å². The Labute approximate surface area is 171 Å². The fraction of sp³-hybridized carbons (Fsp3) is 0.273. The first-order chi connectivity index (χ1) is 13.9. The van der Waals surface area contributed by atoms with Crippen LogP contribution in [0.25, 0.3) is 11.3 Å². The van der Waals surface area contributed by atoms with Gasteiger partial charge in [0.25, 0.3) is 0 Å². The zero-order valence-corrected chi connectivity index (χ0v) is 17.4. The van der Waals surface area contributed by atoms with Crippen LogP contribution in [0.4, 0.5) is 5.82 Å². The average Bonchev–Trinajstić information content (AvgIpc) is 2.75. The zero-order valence-electron chi connectivity index (χ0n) is 16.6. The van der Waals surface area contributed by atoms with E-state index >= 15 is 0 Å². The van der Waals surface area contributed by atoms with Gasteiger partial charge in [-0.2, -0.15) is 4.31 Å². The highest BCUT2D eigenvalue weighted by molar-refractivity contribution is 7.89. The molecule has 0 N–H and O–H groups in total. The van der Waals surface area contributed by atoms with Gasteiger partial charge < -0.3 is 4.90 Å². The van der Waals surface area contributed by atoms with E-state index in [-0.39, 0.29) is 0 Å². The van der Waals surface area contributed by atoms with Crippen LogP contribution >= 0.6 is 0 Å². The topological polar surface area (TPSA) is 66.4 Å². The second-order valence-electron chi connectivity index (χ2n) is 7.28. The largest absolute Gasteiger partial charge is 0.354 e. The molecule has 1 aliphatic rings. The molecule has 3 aromatic rings. The van der Waals surface area contributed by atoms with E-state index in [0.717, 1.165) is 22.6 Å².